The van der Waals surface area contributed by atoms with Crippen LogP contribution in [0.3, 0.4) is 0 Å². The zero-order valence-electron chi connectivity index (χ0n) is 12.7. The number of nitrogens with zero attached hydrogens (tertiary/aromatic N) is 2. The molecule has 0 N–H and O–H groups in total. The van der Waals surface area contributed by atoms with Crippen LogP contribution in [-0.2, 0) is 18.2 Å². The molecule has 0 radical (unpaired) electrons. The van der Waals surface area contributed by atoms with Crippen LogP contribution in [0.15, 0.2) is 41.1 Å². The van der Waals surface area contributed by atoms with Gasteiger partial charge in [0, 0.05) is 23.6 Å². The van der Waals surface area contributed by atoms with Gasteiger partial charge in [-0.15, -0.1) is 0 Å². The van der Waals surface area contributed by atoms with E-state index in [1.807, 2.05) is 4.90 Å². The minimum absolute atomic E-state index is 0.0533. The highest BCUT2D eigenvalue weighted by Gasteiger charge is 2.46. The first-order valence-electron chi connectivity index (χ1n) is 7.79. The Morgan fingerprint density at radius 2 is 2.13 bits per heavy atom. The summed E-state index contributed by atoms with van der Waals surface area (Å²) in [5.74, 6) is 0. The van der Waals surface area contributed by atoms with Gasteiger partial charge >= 0.3 is 6.09 Å². The maximum atomic E-state index is 12.3. The third-order valence-corrected chi connectivity index (χ3v) is 5.80. The molecule has 2 atom stereocenters. The summed E-state index contributed by atoms with van der Waals surface area (Å²) in [6, 6.07) is 10.7. The number of cyclic esters (lactones) is 1. The molecule has 1 aromatic carbocycles. The van der Waals surface area contributed by atoms with E-state index in [9.17, 15) is 4.79 Å². The number of thiophene rings is 1. The average Bonchev–Trinajstić information content (AvgIpc) is 3.28. The van der Waals surface area contributed by atoms with Crippen molar-refractivity contribution in [3.05, 3.63) is 57.9 Å². The second-order valence-corrected chi connectivity index (χ2v) is 7.02. The molecule has 1 fully saturated rings. The number of benzene rings is 1. The smallest absolute Gasteiger partial charge is 0.411 e. The van der Waals surface area contributed by atoms with Crippen LogP contribution in [0.2, 0.25) is 0 Å². The normalized spacial score (nSPS) is 23.0. The van der Waals surface area contributed by atoms with Gasteiger partial charge in [-0.1, -0.05) is 18.2 Å². The van der Waals surface area contributed by atoms with Crippen LogP contribution in [0, 0.1) is 0 Å². The molecule has 116 valence electrons. The number of rotatable bonds is 1. The molecule has 1 amide bonds. The van der Waals surface area contributed by atoms with Crippen molar-refractivity contribution < 1.29 is 9.53 Å². The lowest BCUT2D eigenvalue weighted by Gasteiger charge is -2.36. The summed E-state index contributed by atoms with van der Waals surface area (Å²) in [6.07, 6.45) is 0.672. The van der Waals surface area contributed by atoms with E-state index in [1.54, 1.807) is 11.3 Å². The predicted octanol–water partition coefficient (Wildman–Crippen LogP) is 3.71. The van der Waals surface area contributed by atoms with Crippen LogP contribution in [0.1, 0.15) is 22.9 Å². The molecule has 5 heteroatoms. The van der Waals surface area contributed by atoms with Gasteiger partial charge in [0.05, 0.1) is 6.04 Å². The minimum Gasteiger partial charge on any atom is -0.447 e. The predicted molar refractivity (Wildman–Crippen MR) is 89.8 cm³/mol. The topological polar surface area (TPSA) is 34.5 Å². The van der Waals surface area contributed by atoms with Gasteiger partial charge in [0.1, 0.15) is 12.6 Å². The monoisotopic (exact) mass is 324 g/mol. The number of fused-ring (bicyclic) bond motifs is 4. The van der Waals surface area contributed by atoms with E-state index < -0.39 is 0 Å². The summed E-state index contributed by atoms with van der Waals surface area (Å²) >= 11 is 1.67. The zero-order chi connectivity index (χ0) is 15.6. The lowest BCUT2D eigenvalue weighted by atomic mass is 9.90. The van der Waals surface area contributed by atoms with Crippen LogP contribution in [-0.4, -0.2) is 28.2 Å². The molecule has 0 bridgehead atoms. The SMILES string of the molecule is Cn1c2c(c3ccccc31)CC1COC(=O)N1C2c1ccsc1. The maximum absolute atomic E-state index is 12.3. The largest absolute Gasteiger partial charge is 0.447 e. The molecule has 2 aliphatic rings. The molecule has 3 aromatic rings. The second kappa shape index (κ2) is 4.61. The summed E-state index contributed by atoms with van der Waals surface area (Å²) < 4.78 is 7.61. The van der Waals surface area contributed by atoms with Crippen molar-refractivity contribution >= 4 is 28.3 Å². The lowest BCUT2D eigenvalue weighted by Crippen LogP contribution is -2.43. The number of carbonyl (C=O) groups excluding carboxylic acids is 1. The third kappa shape index (κ3) is 1.68. The van der Waals surface area contributed by atoms with Crippen LogP contribution < -0.4 is 0 Å². The van der Waals surface area contributed by atoms with Crippen molar-refractivity contribution in [1.82, 2.24) is 9.47 Å². The van der Waals surface area contributed by atoms with Crippen molar-refractivity contribution in [2.45, 2.75) is 18.5 Å². The van der Waals surface area contributed by atoms with Crippen LogP contribution in [0.25, 0.3) is 10.9 Å². The number of aryl methyl sites for hydroxylation is 1. The molecule has 4 heterocycles. The number of ether oxygens (including phenoxy) is 1. The van der Waals surface area contributed by atoms with Crippen LogP contribution in [0.4, 0.5) is 4.79 Å². The number of aromatic nitrogens is 1. The molecular weight excluding hydrogens is 308 g/mol. The third-order valence-electron chi connectivity index (χ3n) is 5.10. The van der Waals surface area contributed by atoms with E-state index in [2.05, 4.69) is 52.7 Å². The van der Waals surface area contributed by atoms with Gasteiger partial charge in [0.2, 0.25) is 0 Å². The van der Waals surface area contributed by atoms with Crippen molar-refractivity contribution in [1.29, 1.82) is 0 Å². The van der Waals surface area contributed by atoms with Crippen LogP contribution >= 0.6 is 11.3 Å². The number of hydrogen-bond donors (Lipinski definition) is 0. The Morgan fingerprint density at radius 1 is 1.26 bits per heavy atom. The van der Waals surface area contributed by atoms with E-state index in [-0.39, 0.29) is 18.2 Å². The van der Waals surface area contributed by atoms with Gasteiger partial charge in [0.15, 0.2) is 0 Å². The molecule has 0 aliphatic carbocycles. The molecule has 5 rings (SSSR count). The van der Waals surface area contributed by atoms with E-state index in [4.69, 9.17) is 4.74 Å². The molecule has 4 nitrogen and oxygen atoms in total. The molecule has 23 heavy (non-hydrogen) atoms. The van der Waals surface area contributed by atoms with Gasteiger partial charge in [-0.2, -0.15) is 11.3 Å². The van der Waals surface area contributed by atoms with Gasteiger partial charge < -0.3 is 9.30 Å². The number of amides is 1. The first kappa shape index (κ1) is 13.2. The molecule has 1 saturated heterocycles. The summed E-state index contributed by atoms with van der Waals surface area (Å²) in [5, 5.41) is 5.51. The van der Waals surface area contributed by atoms with E-state index in [0.29, 0.717) is 6.61 Å². The summed E-state index contributed by atoms with van der Waals surface area (Å²) in [4.78, 5) is 14.3. The highest BCUT2D eigenvalue weighted by atomic mass is 32.1. The minimum atomic E-state index is -0.192. The summed E-state index contributed by atoms with van der Waals surface area (Å²) in [5.41, 5.74) is 4.98. The fraction of sp³-hybridized carbons (Fsp3) is 0.278. The zero-order valence-corrected chi connectivity index (χ0v) is 13.5. The Bertz CT molecular complexity index is 913. The fourth-order valence-corrected chi connectivity index (χ4v) is 4.79. The van der Waals surface area contributed by atoms with Gasteiger partial charge in [0.25, 0.3) is 0 Å². The molecule has 2 aliphatic heterocycles. The van der Waals surface area contributed by atoms with Crippen LogP contribution in [0.5, 0.6) is 0 Å². The van der Waals surface area contributed by atoms with E-state index in [0.717, 1.165) is 6.42 Å². The number of carbonyl (C=O) groups is 1. The van der Waals surface area contributed by atoms with Crippen molar-refractivity contribution in [3.63, 3.8) is 0 Å². The Hall–Kier alpha value is -2.27. The van der Waals surface area contributed by atoms with Gasteiger partial charge in [-0.05, 0) is 40.4 Å². The Kier molecular flexibility index (Phi) is 2.65. The fourth-order valence-electron chi connectivity index (χ4n) is 4.12. The molecule has 2 aromatic heterocycles. The van der Waals surface area contributed by atoms with E-state index in [1.165, 1.54) is 27.7 Å². The highest BCUT2D eigenvalue weighted by Crippen LogP contribution is 2.44. The molecule has 0 spiro atoms. The lowest BCUT2D eigenvalue weighted by molar-refractivity contribution is 0.147. The van der Waals surface area contributed by atoms with E-state index >= 15 is 0 Å². The molecular formula is C18H16N2O2S. The first-order chi connectivity index (χ1) is 11.3. The summed E-state index contributed by atoms with van der Waals surface area (Å²) in [6.45, 7) is 0.488. The summed E-state index contributed by atoms with van der Waals surface area (Å²) in [7, 11) is 2.10. The van der Waals surface area contributed by atoms with Crippen molar-refractivity contribution in [2.24, 2.45) is 7.05 Å². The van der Waals surface area contributed by atoms with Gasteiger partial charge in [-0.25, -0.2) is 4.79 Å². The van der Waals surface area contributed by atoms with Crippen molar-refractivity contribution in [2.75, 3.05) is 6.61 Å². The molecule has 0 saturated carbocycles. The maximum Gasteiger partial charge on any atom is 0.411 e. The average molecular weight is 324 g/mol. The Balaban J connectivity index is 1.83. The van der Waals surface area contributed by atoms with Gasteiger partial charge in [-0.3, -0.25) is 4.90 Å². The molecule has 2 unspecified atom stereocenters. The number of hydrogen-bond acceptors (Lipinski definition) is 3. The highest BCUT2D eigenvalue weighted by molar-refractivity contribution is 7.08. The van der Waals surface area contributed by atoms with Crippen molar-refractivity contribution in [3.8, 4) is 0 Å². The first-order valence-corrected chi connectivity index (χ1v) is 8.73. The quantitative estimate of drug-likeness (QED) is 0.684. The second-order valence-electron chi connectivity index (χ2n) is 6.24. The number of para-hydroxylation sites is 1. The Labute approximate surface area is 137 Å². The standard InChI is InChI=1S/C18H16N2O2S/c1-19-15-5-3-2-4-13(15)14-8-12-9-22-18(21)20(12)16(17(14)19)11-6-7-23-10-11/h2-7,10,12,16H,8-9H2,1H3. The Morgan fingerprint density at radius 3 is 2.96 bits per heavy atom.